The molecule has 4 aliphatic rings. The summed E-state index contributed by atoms with van der Waals surface area (Å²) in [6.07, 6.45) is 1.18. The van der Waals surface area contributed by atoms with Crippen molar-refractivity contribution >= 4 is 5.71 Å². The Morgan fingerprint density at radius 3 is 2.59 bits per heavy atom. The van der Waals surface area contributed by atoms with Gasteiger partial charge in [0.15, 0.2) is 0 Å². The molecule has 1 saturated carbocycles. The molecule has 0 spiro atoms. The summed E-state index contributed by atoms with van der Waals surface area (Å²) < 4.78 is 40.3. The number of nitrogens with two attached hydrogens (primary N) is 2. The van der Waals surface area contributed by atoms with Gasteiger partial charge >= 0.3 is 6.18 Å². The molecule has 0 aromatic heterocycles. The topological polar surface area (TPSA) is 70.9 Å². The highest BCUT2D eigenvalue weighted by Gasteiger charge is 2.62. The minimum absolute atomic E-state index is 0.0417. The predicted molar refractivity (Wildman–Crippen MR) is 98.7 cm³/mol. The first-order valence-corrected chi connectivity index (χ1v) is 9.80. The normalized spacial score (nSPS) is 43.8. The summed E-state index contributed by atoms with van der Waals surface area (Å²) in [5, 5.41) is 5.83. The first kappa shape index (κ1) is 19.2. The molecular formula is C19H30F3N5. The van der Waals surface area contributed by atoms with E-state index in [0.717, 1.165) is 13.0 Å². The number of hydrogen-bond donors (Lipinski definition) is 2. The number of allylic oxidation sites excluding steroid dienone is 1. The van der Waals surface area contributed by atoms with Gasteiger partial charge in [-0.05, 0) is 37.0 Å². The average Bonchev–Trinajstić information content (AvgIpc) is 2.77. The van der Waals surface area contributed by atoms with Crippen molar-refractivity contribution in [2.75, 3.05) is 19.8 Å². The summed E-state index contributed by atoms with van der Waals surface area (Å²) in [5.74, 6) is -0.131. The molecule has 5 nitrogen and oxygen atoms in total. The van der Waals surface area contributed by atoms with Crippen molar-refractivity contribution in [1.29, 1.82) is 0 Å². The quantitative estimate of drug-likeness (QED) is 0.715. The van der Waals surface area contributed by atoms with Crippen LogP contribution in [0.3, 0.4) is 0 Å². The van der Waals surface area contributed by atoms with Crippen molar-refractivity contribution in [3.8, 4) is 0 Å². The molecule has 2 aliphatic carbocycles. The Balaban J connectivity index is 1.72. The summed E-state index contributed by atoms with van der Waals surface area (Å²) in [4.78, 5) is 2.27. The molecule has 2 fully saturated rings. The Hall–Kier alpha value is -1.12. The van der Waals surface area contributed by atoms with Gasteiger partial charge in [0, 0.05) is 30.7 Å². The molecule has 0 amide bonds. The van der Waals surface area contributed by atoms with Crippen LogP contribution in [0.4, 0.5) is 13.2 Å². The molecule has 8 heteroatoms. The van der Waals surface area contributed by atoms with Gasteiger partial charge in [0.05, 0.1) is 12.6 Å². The molecule has 27 heavy (non-hydrogen) atoms. The SMILES string of the molecule is CC1(C)C=C[C@@H](N)C[C@H]1C1(C)CN2N=C(C(F)(F)F)[C@H]3C[C@@H](CN1CN)C32. The third-order valence-corrected chi connectivity index (χ3v) is 7.48. The molecule has 0 radical (unpaired) electrons. The van der Waals surface area contributed by atoms with Gasteiger partial charge in [-0.3, -0.25) is 9.91 Å². The second kappa shape index (κ2) is 5.94. The van der Waals surface area contributed by atoms with Gasteiger partial charge in [-0.15, -0.1) is 0 Å². The molecule has 1 saturated heterocycles. The second-order valence-corrected chi connectivity index (χ2v) is 9.57. The fraction of sp³-hybridized carbons (Fsp3) is 0.842. The van der Waals surface area contributed by atoms with Crippen LogP contribution in [0.5, 0.6) is 0 Å². The Bertz CT molecular complexity index is 673. The highest BCUT2D eigenvalue weighted by Crippen LogP contribution is 2.53. The van der Waals surface area contributed by atoms with Crippen molar-refractivity contribution in [3.05, 3.63) is 12.2 Å². The van der Waals surface area contributed by atoms with Gasteiger partial charge in [-0.25, -0.2) is 0 Å². The Labute approximate surface area is 158 Å². The third kappa shape index (κ3) is 2.83. The number of alkyl halides is 3. The predicted octanol–water partition coefficient (Wildman–Crippen LogP) is 2.15. The highest BCUT2D eigenvalue weighted by molar-refractivity contribution is 5.94. The number of hydrazone groups is 1. The molecule has 152 valence electrons. The van der Waals surface area contributed by atoms with Crippen LogP contribution in [0, 0.1) is 23.2 Å². The van der Waals surface area contributed by atoms with Crippen LogP contribution < -0.4 is 11.5 Å². The molecule has 4 N–H and O–H groups in total. The van der Waals surface area contributed by atoms with E-state index >= 15 is 0 Å². The average molecular weight is 385 g/mol. The monoisotopic (exact) mass is 385 g/mol. The zero-order valence-corrected chi connectivity index (χ0v) is 16.2. The standard InChI is InChI=1S/C19H30F3N5/c1-17(2)5-4-12(24)7-14(17)18(3)9-27-15-11(8-26(18)10-23)6-13(15)16(25-27)19(20,21)22/h4-5,11-15H,6-10,23-24H2,1-3H3/t11-,12+,13-,14+,15?,18?/m0/s1. The molecule has 0 aromatic rings. The minimum atomic E-state index is -4.35. The second-order valence-electron chi connectivity index (χ2n) is 9.57. The maximum absolute atomic E-state index is 13.4. The molecule has 0 bridgehead atoms. The molecular weight excluding hydrogens is 355 g/mol. The zero-order valence-electron chi connectivity index (χ0n) is 16.2. The van der Waals surface area contributed by atoms with Crippen molar-refractivity contribution in [2.24, 2.45) is 39.7 Å². The van der Waals surface area contributed by atoms with Crippen LogP contribution in [0.1, 0.15) is 33.6 Å². The van der Waals surface area contributed by atoms with Crippen LogP contribution >= 0.6 is 0 Å². The van der Waals surface area contributed by atoms with E-state index in [-0.39, 0.29) is 29.3 Å². The first-order chi connectivity index (χ1) is 12.5. The van der Waals surface area contributed by atoms with Gasteiger partial charge in [-0.2, -0.15) is 18.3 Å². The summed E-state index contributed by atoms with van der Waals surface area (Å²) in [5.41, 5.74) is 11.3. The number of halogens is 3. The largest absolute Gasteiger partial charge is 0.431 e. The Kier molecular flexibility index (Phi) is 4.22. The summed E-state index contributed by atoms with van der Waals surface area (Å²) in [7, 11) is 0. The van der Waals surface area contributed by atoms with Gasteiger partial charge in [-0.1, -0.05) is 26.0 Å². The third-order valence-electron chi connectivity index (χ3n) is 7.48. The maximum Gasteiger partial charge on any atom is 0.431 e. The lowest BCUT2D eigenvalue weighted by molar-refractivity contribution is -0.0662. The van der Waals surface area contributed by atoms with Crippen LogP contribution in [-0.2, 0) is 0 Å². The molecule has 2 unspecified atom stereocenters. The van der Waals surface area contributed by atoms with E-state index in [0.29, 0.717) is 19.6 Å². The summed E-state index contributed by atoms with van der Waals surface area (Å²) in [6, 6.07) is -0.187. The van der Waals surface area contributed by atoms with E-state index in [1.165, 1.54) is 0 Å². The molecule has 0 aromatic carbocycles. The van der Waals surface area contributed by atoms with Crippen LogP contribution in [0.15, 0.2) is 17.3 Å². The zero-order chi connectivity index (χ0) is 19.8. The first-order valence-electron chi connectivity index (χ1n) is 9.80. The molecule has 2 aliphatic heterocycles. The lowest BCUT2D eigenvalue weighted by Crippen LogP contribution is -2.62. The van der Waals surface area contributed by atoms with Crippen molar-refractivity contribution in [1.82, 2.24) is 9.91 Å². The van der Waals surface area contributed by atoms with Gasteiger partial charge in [0.1, 0.15) is 5.71 Å². The minimum Gasteiger partial charge on any atom is -0.324 e. The number of hydrogen-bond acceptors (Lipinski definition) is 5. The van der Waals surface area contributed by atoms with Gasteiger partial charge in [0.25, 0.3) is 0 Å². The van der Waals surface area contributed by atoms with Crippen molar-refractivity contribution < 1.29 is 13.2 Å². The fourth-order valence-electron chi connectivity index (χ4n) is 6.06. The molecule has 6 atom stereocenters. The number of rotatable bonds is 2. The maximum atomic E-state index is 13.4. The Morgan fingerprint density at radius 2 is 1.96 bits per heavy atom. The van der Waals surface area contributed by atoms with Gasteiger partial charge in [0.2, 0.25) is 0 Å². The van der Waals surface area contributed by atoms with E-state index in [1.54, 1.807) is 5.01 Å². The lowest BCUT2D eigenvalue weighted by atomic mass is 9.62. The summed E-state index contributed by atoms with van der Waals surface area (Å²) in [6.45, 7) is 8.05. The molecule has 2 heterocycles. The van der Waals surface area contributed by atoms with Crippen LogP contribution in [0.2, 0.25) is 0 Å². The smallest absolute Gasteiger partial charge is 0.324 e. The van der Waals surface area contributed by atoms with E-state index in [1.807, 2.05) is 6.08 Å². The number of nitrogens with zero attached hydrogens (tertiary/aromatic N) is 3. The van der Waals surface area contributed by atoms with Gasteiger partial charge < -0.3 is 11.5 Å². The van der Waals surface area contributed by atoms with Crippen molar-refractivity contribution in [2.45, 2.75) is 57.4 Å². The summed E-state index contributed by atoms with van der Waals surface area (Å²) >= 11 is 0. The van der Waals surface area contributed by atoms with Crippen molar-refractivity contribution in [3.63, 3.8) is 0 Å². The fourth-order valence-corrected chi connectivity index (χ4v) is 6.06. The molecule has 4 rings (SSSR count). The van der Waals surface area contributed by atoms with E-state index in [4.69, 9.17) is 11.5 Å². The van der Waals surface area contributed by atoms with E-state index in [9.17, 15) is 13.2 Å². The lowest BCUT2D eigenvalue weighted by Gasteiger charge is -2.53. The van der Waals surface area contributed by atoms with Crippen LogP contribution in [-0.4, -0.2) is 59.2 Å². The van der Waals surface area contributed by atoms with E-state index < -0.39 is 23.3 Å². The van der Waals surface area contributed by atoms with Crippen LogP contribution in [0.25, 0.3) is 0 Å². The Morgan fingerprint density at radius 1 is 1.26 bits per heavy atom. The highest BCUT2D eigenvalue weighted by atomic mass is 19.4. The van der Waals surface area contributed by atoms with E-state index in [2.05, 4.69) is 36.8 Å².